The number of anilines is 1. The fourth-order valence-corrected chi connectivity index (χ4v) is 4.19. The molecule has 1 aromatic carbocycles. The minimum Gasteiger partial charge on any atom is -0.324 e. The zero-order valence-corrected chi connectivity index (χ0v) is 11.6. The zero-order chi connectivity index (χ0) is 13.5. The molecule has 2 saturated heterocycles. The quantitative estimate of drug-likeness (QED) is 0.899. The molecule has 5 heteroatoms. The van der Waals surface area contributed by atoms with Crippen molar-refractivity contribution in [1.82, 2.24) is 4.90 Å². The Hall–Kier alpha value is -1.49. The molecule has 1 N–H and O–H groups in total. The molecular formula is C14H16N2O2S. The first-order valence-corrected chi connectivity index (χ1v) is 7.41. The second-order valence-corrected chi connectivity index (χ2v) is 6.62. The van der Waals surface area contributed by atoms with Gasteiger partial charge in [0.1, 0.15) is 6.04 Å². The molecule has 19 heavy (non-hydrogen) atoms. The highest BCUT2D eigenvalue weighted by atomic mass is 32.2. The number of fused-ring (bicyclic) bond motifs is 1. The third kappa shape index (κ3) is 2.12. The lowest BCUT2D eigenvalue weighted by atomic mass is 10.2. The van der Waals surface area contributed by atoms with E-state index in [-0.39, 0.29) is 22.7 Å². The second kappa shape index (κ2) is 4.56. The van der Waals surface area contributed by atoms with Crippen molar-refractivity contribution in [1.29, 1.82) is 0 Å². The van der Waals surface area contributed by atoms with Gasteiger partial charge in [0.15, 0.2) is 0 Å². The first-order chi connectivity index (χ1) is 9.10. The highest BCUT2D eigenvalue weighted by Crippen LogP contribution is 2.47. The molecule has 4 nitrogen and oxygen atoms in total. The maximum atomic E-state index is 12.3. The van der Waals surface area contributed by atoms with Crippen LogP contribution in [0.5, 0.6) is 0 Å². The Morgan fingerprint density at radius 1 is 1.42 bits per heavy atom. The number of hydrogen-bond acceptors (Lipinski definition) is 3. The standard InChI is InChI=1S/C14H16N2O2S/c1-14-8-7-12(17)16(14)11(9-19-14)13(18)15-10-5-3-2-4-6-10/h2-6,11H,7-9H2,1H3,(H,15,18)/t11-,14+/m0/s1. The van der Waals surface area contributed by atoms with Gasteiger partial charge in [-0.05, 0) is 25.5 Å². The van der Waals surface area contributed by atoms with Crippen LogP contribution in [0.3, 0.4) is 0 Å². The molecule has 2 aliphatic heterocycles. The summed E-state index contributed by atoms with van der Waals surface area (Å²) < 4.78 is 0. The molecule has 100 valence electrons. The molecule has 0 radical (unpaired) electrons. The Balaban J connectivity index is 1.76. The van der Waals surface area contributed by atoms with E-state index < -0.39 is 0 Å². The van der Waals surface area contributed by atoms with E-state index in [1.807, 2.05) is 30.3 Å². The van der Waals surface area contributed by atoms with Gasteiger partial charge in [-0.2, -0.15) is 0 Å². The van der Waals surface area contributed by atoms with Crippen LogP contribution in [0.2, 0.25) is 0 Å². The van der Waals surface area contributed by atoms with Crippen LogP contribution < -0.4 is 5.32 Å². The van der Waals surface area contributed by atoms with Crippen molar-refractivity contribution < 1.29 is 9.59 Å². The van der Waals surface area contributed by atoms with Crippen LogP contribution in [0, 0.1) is 0 Å². The molecule has 3 rings (SSSR count). The Morgan fingerprint density at radius 2 is 2.16 bits per heavy atom. The first kappa shape index (κ1) is 12.5. The van der Waals surface area contributed by atoms with E-state index in [0.717, 1.165) is 12.1 Å². The summed E-state index contributed by atoms with van der Waals surface area (Å²) in [6.45, 7) is 2.05. The van der Waals surface area contributed by atoms with Crippen molar-refractivity contribution in [3.63, 3.8) is 0 Å². The SMILES string of the molecule is C[C@@]12CCC(=O)N1[C@H](C(=O)Nc1ccccc1)CS2. The molecule has 2 heterocycles. The maximum Gasteiger partial charge on any atom is 0.248 e. The molecule has 0 saturated carbocycles. The van der Waals surface area contributed by atoms with Crippen LogP contribution in [0.4, 0.5) is 5.69 Å². The molecule has 2 aliphatic rings. The summed E-state index contributed by atoms with van der Waals surface area (Å²) >= 11 is 1.71. The molecule has 0 bridgehead atoms. The molecule has 0 aliphatic carbocycles. The van der Waals surface area contributed by atoms with E-state index >= 15 is 0 Å². The van der Waals surface area contributed by atoms with Gasteiger partial charge in [-0.3, -0.25) is 9.59 Å². The maximum absolute atomic E-state index is 12.3. The van der Waals surface area contributed by atoms with Gasteiger partial charge in [-0.25, -0.2) is 0 Å². The number of carbonyl (C=O) groups is 2. The lowest BCUT2D eigenvalue weighted by molar-refractivity contribution is -0.135. The van der Waals surface area contributed by atoms with Gasteiger partial charge in [0, 0.05) is 17.9 Å². The van der Waals surface area contributed by atoms with Gasteiger partial charge in [0.2, 0.25) is 11.8 Å². The predicted octanol–water partition coefficient (Wildman–Crippen LogP) is 2.08. The predicted molar refractivity (Wildman–Crippen MR) is 75.8 cm³/mol. The Morgan fingerprint density at radius 3 is 2.89 bits per heavy atom. The Labute approximate surface area is 116 Å². The van der Waals surface area contributed by atoms with Crippen LogP contribution in [-0.2, 0) is 9.59 Å². The van der Waals surface area contributed by atoms with Crippen LogP contribution in [-0.4, -0.2) is 33.4 Å². The van der Waals surface area contributed by atoms with Gasteiger partial charge in [0.05, 0.1) is 4.87 Å². The number of para-hydroxylation sites is 1. The molecule has 2 amide bonds. The highest BCUT2D eigenvalue weighted by Gasteiger charge is 2.52. The fourth-order valence-electron chi connectivity index (χ4n) is 2.76. The van der Waals surface area contributed by atoms with E-state index in [9.17, 15) is 9.59 Å². The number of nitrogens with zero attached hydrogens (tertiary/aromatic N) is 1. The number of amides is 2. The van der Waals surface area contributed by atoms with E-state index in [2.05, 4.69) is 12.2 Å². The van der Waals surface area contributed by atoms with E-state index in [0.29, 0.717) is 12.2 Å². The topological polar surface area (TPSA) is 49.4 Å². The average molecular weight is 276 g/mol. The average Bonchev–Trinajstić information content (AvgIpc) is 2.88. The normalized spacial score (nSPS) is 29.4. The number of carbonyl (C=O) groups excluding carboxylic acids is 2. The monoisotopic (exact) mass is 276 g/mol. The summed E-state index contributed by atoms with van der Waals surface area (Å²) in [4.78, 5) is 25.9. The van der Waals surface area contributed by atoms with Crippen molar-refractivity contribution in [2.45, 2.75) is 30.7 Å². The summed E-state index contributed by atoms with van der Waals surface area (Å²) in [7, 11) is 0. The summed E-state index contributed by atoms with van der Waals surface area (Å²) in [5.74, 6) is 0.694. The van der Waals surface area contributed by atoms with Crippen LogP contribution in [0.25, 0.3) is 0 Å². The minimum absolute atomic E-state index is 0.0855. The van der Waals surface area contributed by atoms with Crippen molar-refractivity contribution in [2.75, 3.05) is 11.1 Å². The number of rotatable bonds is 2. The lowest BCUT2D eigenvalue weighted by Gasteiger charge is -2.29. The van der Waals surface area contributed by atoms with Crippen LogP contribution in [0.15, 0.2) is 30.3 Å². The molecule has 1 aromatic rings. The number of thioether (sulfide) groups is 1. The summed E-state index contributed by atoms with van der Waals surface area (Å²) in [5, 5.41) is 2.89. The highest BCUT2D eigenvalue weighted by molar-refractivity contribution is 8.01. The van der Waals surface area contributed by atoms with Crippen molar-refractivity contribution in [3.8, 4) is 0 Å². The smallest absolute Gasteiger partial charge is 0.248 e. The largest absolute Gasteiger partial charge is 0.324 e. The Kier molecular flexibility index (Phi) is 3.01. The van der Waals surface area contributed by atoms with Crippen molar-refractivity contribution >= 4 is 29.3 Å². The van der Waals surface area contributed by atoms with Crippen molar-refractivity contribution in [2.24, 2.45) is 0 Å². The number of benzene rings is 1. The van der Waals surface area contributed by atoms with Gasteiger partial charge < -0.3 is 10.2 Å². The Bertz CT molecular complexity index is 519. The van der Waals surface area contributed by atoms with Gasteiger partial charge >= 0.3 is 0 Å². The van der Waals surface area contributed by atoms with Crippen molar-refractivity contribution in [3.05, 3.63) is 30.3 Å². The summed E-state index contributed by atoms with van der Waals surface area (Å²) in [5.41, 5.74) is 0.776. The molecule has 0 unspecified atom stereocenters. The lowest BCUT2D eigenvalue weighted by Crippen LogP contribution is -2.48. The number of nitrogens with one attached hydrogen (secondary N) is 1. The van der Waals surface area contributed by atoms with E-state index in [1.165, 1.54) is 0 Å². The third-order valence-corrected chi connectivity index (χ3v) is 5.29. The molecular weight excluding hydrogens is 260 g/mol. The number of hydrogen-bond donors (Lipinski definition) is 1. The van der Waals surface area contributed by atoms with E-state index in [1.54, 1.807) is 16.7 Å². The third-order valence-electron chi connectivity index (χ3n) is 3.79. The zero-order valence-electron chi connectivity index (χ0n) is 10.8. The van der Waals surface area contributed by atoms with Gasteiger partial charge in [-0.15, -0.1) is 11.8 Å². The van der Waals surface area contributed by atoms with Crippen LogP contribution in [0.1, 0.15) is 19.8 Å². The second-order valence-electron chi connectivity index (χ2n) is 5.12. The summed E-state index contributed by atoms with van der Waals surface area (Å²) in [6, 6.07) is 9.03. The molecule has 2 atom stereocenters. The summed E-state index contributed by atoms with van der Waals surface area (Å²) in [6.07, 6.45) is 1.39. The van der Waals surface area contributed by atoms with Crippen LogP contribution >= 0.6 is 11.8 Å². The molecule has 2 fully saturated rings. The minimum atomic E-state index is -0.342. The van der Waals surface area contributed by atoms with Gasteiger partial charge in [0.25, 0.3) is 0 Å². The first-order valence-electron chi connectivity index (χ1n) is 6.42. The van der Waals surface area contributed by atoms with Gasteiger partial charge in [-0.1, -0.05) is 18.2 Å². The van der Waals surface area contributed by atoms with E-state index in [4.69, 9.17) is 0 Å². The fraction of sp³-hybridized carbons (Fsp3) is 0.429. The molecule has 0 aromatic heterocycles. The molecule has 0 spiro atoms.